The van der Waals surface area contributed by atoms with E-state index >= 15 is 0 Å². The molecule has 2 aliphatic rings. The van der Waals surface area contributed by atoms with Gasteiger partial charge in [0.2, 0.25) is 6.29 Å². The summed E-state index contributed by atoms with van der Waals surface area (Å²) in [5.41, 5.74) is -0.182. The minimum Gasteiger partial charge on any atom is -0.508 e. The number of phenolic OH excluding ortho intramolecular Hbond substituents is 2. The monoisotopic (exact) mass is 578 g/mol. The maximum absolute atomic E-state index is 12.8. The van der Waals surface area contributed by atoms with Gasteiger partial charge in [0.25, 0.3) is 0 Å². The third-order valence-electron chi connectivity index (χ3n) is 7.11. The Bertz CT molecular complexity index is 1420. The molecule has 2 aliphatic heterocycles. The average molecular weight is 579 g/mol. The molecule has 3 heterocycles. The van der Waals surface area contributed by atoms with Crippen LogP contribution in [0.1, 0.15) is 6.92 Å². The average Bonchev–Trinajstić information content (AvgIpc) is 2.94. The number of benzene rings is 2. The van der Waals surface area contributed by atoms with Crippen molar-refractivity contribution in [3.8, 4) is 28.6 Å². The lowest BCUT2D eigenvalue weighted by Gasteiger charge is -2.45. The Hall–Kier alpha value is -3.31. The molecule has 8 N–H and O–H groups in total. The molecule has 5 rings (SSSR count). The molecule has 0 bridgehead atoms. The summed E-state index contributed by atoms with van der Waals surface area (Å²) in [6, 6.07) is 9.38. The summed E-state index contributed by atoms with van der Waals surface area (Å²) < 4.78 is 28.4. The third kappa shape index (κ3) is 5.61. The molecule has 0 unspecified atom stereocenters. The van der Waals surface area contributed by atoms with Crippen molar-refractivity contribution in [2.24, 2.45) is 0 Å². The van der Waals surface area contributed by atoms with Gasteiger partial charge in [0.15, 0.2) is 17.8 Å². The molecule has 0 saturated carbocycles. The molecule has 222 valence electrons. The topological polar surface area (TPSA) is 229 Å². The van der Waals surface area contributed by atoms with Crippen molar-refractivity contribution in [3.05, 3.63) is 52.7 Å². The molecule has 2 aromatic carbocycles. The van der Waals surface area contributed by atoms with E-state index in [2.05, 4.69) is 0 Å². The third-order valence-corrected chi connectivity index (χ3v) is 7.11. The molecule has 2 saturated heterocycles. The molecule has 1 aromatic heterocycles. The van der Waals surface area contributed by atoms with Crippen LogP contribution in [0.2, 0.25) is 0 Å². The summed E-state index contributed by atoms with van der Waals surface area (Å²) in [5.74, 6) is -0.498. The number of aliphatic hydroxyl groups excluding tert-OH is 6. The number of hydrogen-bond acceptors (Lipinski definition) is 14. The molecule has 14 heteroatoms. The van der Waals surface area contributed by atoms with E-state index < -0.39 is 79.2 Å². The summed E-state index contributed by atoms with van der Waals surface area (Å²) in [6.07, 6.45) is -15.3. The molecule has 41 heavy (non-hydrogen) atoms. The van der Waals surface area contributed by atoms with Crippen molar-refractivity contribution in [3.63, 3.8) is 0 Å². The van der Waals surface area contributed by atoms with Gasteiger partial charge in [-0.15, -0.1) is 0 Å². The molecule has 14 nitrogen and oxygen atoms in total. The van der Waals surface area contributed by atoms with Crippen LogP contribution in [0.3, 0.4) is 0 Å². The van der Waals surface area contributed by atoms with E-state index in [1.54, 1.807) is 0 Å². The number of ether oxygens (including phenoxy) is 4. The highest BCUT2D eigenvalue weighted by Gasteiger charge is 2.50. The van der Waals surface area contributed by atoms with E-state index in [4.69, 9.17) is 23.4 Å². The van der Waals surface area contributed by atoms with Crippen LogP contribution < -0.4 is 10.2 Å². The van der Waals surface area contributed by atoms with Gasteiger partial charge < -0.3 is 64.2 Å². The van der Waals surface area contributed by atoms with Crippen molar-refractivity contribution in [2.75, 3.05) is 6.61 Å². The van der Waals surface area contributed by atoms with Crippen LogP contribution >= 0.6 is 0 Å². The Morgan fingerprint density at radius 1 is 0.829 bits per heavy atom. The molecule has 3 aromatic rings. The smallest absolute Gasteiger partial charge is 0.229 e. The van der Waals surface area contributed by atoms with Gasteiger partial charge in [0, 0.05) is 23.8 Å². The fourth-order valence-electron chi connectivity index (χ4n) is 4.79. The highest BCUT2D eigenvalue weighted by Crippen LogP contribution is 2.35. The number of phenols is 2. The minimum absolute atomic E-state index is 0.00857. The van der Waals surface area contributed by atoms with E-state index in [-0.39, 0.29) is 28.2 Å². The number of rotatable bonds is 6. The molecule has 0 amide bonds. The lowest BCUT2D eigenvalue weighted by atomic mass is 9.97. The van der Waals surface area contributed by atoms with Gasteiger partial charge in [-0.05, 0) is 31.2 Å². The highest BCUT2D eigenvalue weighted by atomic mass is 16.8. The first-order valence-corrected chi connectivity index (χ1v) is 12.7. The van der Waals surface area contributed by atoms with Gasteiger partial charge in [0.05, 0.1) is 12.7 Å². The zero-order chi connectivity index (χ0) is 29.6. The summed E-state index contributed by atoms with van der Waals surface area (Å²) in [6.45, 7) is 0.704. The molecule has 2 fully saturated rings. The SMILES string of the molecule is C[C@@H]1O[C@H](O[C@H]2[C@H](Oc3cc(O)c4c(=O)cc(-c5ccc(O)cc5)oc4c3)O[C@H](CO)[C@@H](O)[C@@H]2O)[C@H](O)[C@H](O)[C@H]1O. The maximum Gasteiger partial charge on any atom is 0.229 e. The maximum atomic E-state index is 12.8. The summed E-state index contributed by atoms with van der Waals surface area (Å²) in [7, 11) is 0. The lowest BCUT2D eigenvalue weighted by Crippen LogP contribution is -2.64. The van der Waals surface area contributed by atoms with Crippen LogP contribution in [-0.4, -0.2) is 109 Å². The van der Waals surface area contributed by atoms with Crippen LogP contribution in [-0.2, 0) is 14.2 Å². The second-order valence-corrected chi connectivity index (χ2v) is 9.94. The van der Waals surface area contributed by atoms with Gasteiger partial charge in [-0.2, -0.15) is 0 Å². The first-order chi connectivity index (χ1) is 19.5. The van der Waals surface area contributed by atoms with Crippen LogP contribution in [0.5, 0.6) is 17.2 Å². The van der Waals surface area contributed by atoms with E-state index in [0.29, 0.717) is 5.56 Å². The standard InChI is InChI=1S/C27H30O14/c1-10-20(32)22(34)24(36)26(37-10)41-25-23(35)21(33)18(9-28)40-27(25)38-13-6-14(30)19-15(31)8-16(39-17(19)7-13)11-2-4-12(29)5-3-11/h2-8,10,18,20-30,32-36H,9H2,1H3/t10-,18+,20-,21+,22+,23-,24+,25+,26+,27+/m0/s1. The number of aliphatic hydroxyl groups is 6. The first-order valence-electron chi connectivity index (χ1n) is 12.7. The first kappa shape index (κ1) is 29.2. The summed E-state index contributed by atoms with van der Waals surface area (Å²) >= 11 is 0. The predicted molar refractivity (Wildman–Crippen MR) is 137 cm³/mol. The Balaban J connectivity index is 1.47. The largest absolute Gasteiger partial charge is 0.508 e. The second-order valence-electron chi connectivity index (χ2n) is 9.94. The molecule has 0 aliphatic carbocycles. The zero-order valence-corrected chi connectivity index (χ0v) is 21.5. The van der Waals surface area contributed by atoms with Crippen molar-refractivity contribution < 1.29 is 64.2 Å². The molecule has 0 spiro atoms. The number of hydrogen-bond donors (Lipinski definition) is 8. The second kappa shape index (κ2) is 11.5. The van der Waals surface area contributed by atoms with Crippen LogP contribution in [0, 0.1) is 0 Å². The Kier molecular flexibility index (Phi) is 8.20. The van der Waals surface area contributed by atoms with Crippen LogP contribution in [0.25, 0.3) is 22.3 Å². The summed E-state index contributed by atoms with van der Waals surface area (Å²) in [4.78, 5) is 12.8. The Labute approximate surface area is 231 Å². The van der Waals surface area contributed by atoms with Crippen molar-refractivity contribution in [1.82, 2.24) is 0 Å². The van der Waals surface area contributed by atoms with Gasteiger partial charge in [-0.25, -0.2) is 0 Å². The highest BCUT2D eigenvalue weighted by molar-refractivity contribution is 5.86. The molecular formula is C27H30O14. The number of fused-ring (bicyclic) bond motifs is 1. The molecule has 10 atom stereocenters. The van der Waals surface area contributed by atoms with Gasteiger partial charge in [-0.3, -0.25) is 4.79 Å². The van der Waals surface area contributed by atoms with Crippen LogP contribution in [0.15, 0.2) is 51.7 Å². The van der Waals surface area contributed by atoms with Gasteiger partial charge in [0.1, 0.15) is 70.6 Å². The fraction of sp³-hybridized carbons (Fsp3) is 0.444. The van der Waals surface area contributed by atoms with E-state index in [1.807, 2.05) is 0 Å². The zero-order valence-electron chi connectivity index (χ0n) is 21.5. The van der Waals surface area contributed by atoms with E-state index in [9.17, 15) is 45.6 Å². The summed E-state index contributed by atoms with van der Waals surface area (Å²) in [5, 5.41) is 81.4. The van der Waals surface area contributed by atoms with Crippen LogP contribution in [0.4, 0.5) is 0 Å². The van der Waals surface area contributed by atoms with Crippen molar-refractivity contribution in [2.45, 2.75) is 68.3 Å². The Morgan fingerprint density at radius 3 is 2.22 bits per heavy atom. The Morgan fingerprint density at radius 2 is 1.54 bits per heavy atom. The normalized spacial score (nSPS) is 34.0. The van der Waals surface area contributed by atoms with Crippen molar-refractivity contribution in [1.29, 1.82) is 0 Å². The van der Waals surface area contributed by atoms with Gasteiger partial charge >= 0.3 is 0 Å². The van der Waals surface area contributed by atoms with Gasteiger partial charge in [-0.1, -0.05) is 0 Å². The quantitative estimate of drug-likeness (QED) is 0.174. The molecular weight excluding hydrogens is 548 g/mol. The minimum atomic E-state index is -1.76. The fourth-order valence-corrected chi connectivity index (χ4v) is 4.79. The van der Waals surface area contributed by atoms with E-state index in [0.717, 1.165) is 6.07 Å². The predicted octanol–water partition coefficient (Wildman–Crippen LogP) is -1.10. The number of aromatic hydroxyl groups is 2. The lowest BCUT2D eigenvalue weighted by molar-refractivity contribution is -0.354. The van der Waals surface area contributed by atoms with E-state index in [1.165, 1.54) is 43.3 Å². The van der Waals surface area contributed by atoms with Crippen molar-refractivity contribution >= 4 is 11.0 Å². The molecule has 0 radical (unpaired) electrons.